The summed E-state index contributed by atoms with van der Waals surface area (Å²) in [5, 5.41) is 3.75. The van der Waals surface area contributed by atoms with Crippen molar-refractivity contribution in [1.29, 1.82) is 0 Å². The second-order valence-electron chi connectivity index (χ2n) is 3.85. The van der Waals surface area contributed by atoms with Crippen LogP contribution in [0.3, 0.4) is 0 Å². The quantitative estimate of drug-likeness (QED) is 0.871. The highest BCUT2D eigenvalue weighted by molar-refractivity contribution is 7.17. The Bertz CT molecular complexity index is 595. The van der Waals surface area contributed by atoms with E-state index in [1.165, 1.54) is 24.6 Å². The van der Waals surface area contributed by atoms with E-state index < -0.39 is 0 Å². The molecule has 1 aromatic carbocycles. The molecule has 0 spiro atoms. The van der Waals surface area contributed by atoms with E-state index in [4.69, 9.17) is 4.74 Å². The molecule has 0 bridgehead atoms. The number of hydrogen-bond acceptors (Lipinski definition) is 6. The first-order valence-corrected chi connectivity index (χ1v) is 6.41. The molecule has 0 saturated heterocycles. The average Bonchev–Trinajstić information content (AvgIpc) is 2.86. The van der Waals surface area contributed by atoms with Gasteiger partial charge >= 0.3 is 5.97 Å². The van der Waals surface area contributed by atoms with Gasteiger partial charge in [0.25, 0.3) is 0 Å². The third-order valence-corrected chi connectivity index (χ3v) is 3.38. The van der Waals surface area contributed by atoms with Gasteiger partial charge < -0.3 is 14.8 Å². The summed E-state index contributed by atoms with van der Waals surface area (Å²) in [4.78, 5) is 15.9. The number of hydrogen-bond donors (Lipinski definition) is 1. The number of aromatic nitrogens is 1. The normalized spacial score (nSPS) is 10.1. The van der Waals surface area contributed by atoms with Gasteiger partial charge in [0, 0.05) is 0 Å². The molecule has 1 N–H and O–H groups in total. The van der Waals surface area contributed by atoms with E-state index in [9.17, 15) is 4.79 Å². The highest BCUT2D eigenvalue weighted by atomic mass is 32.1. The van der Waals surface area contributed by atoms with Crippen LogP contribution in [0.15, 0.2) is 24.4 Å². The maximum Gasteiger partial charge on any atom is 0.349 e. The molecule has 0 fully saturated rings. The average molecular weight is 278 g/mol. The zero-order valence-corrected chi connectivity index (χ0v) is 11.7. The lowest BCUT2D eigenvalue weighted by Gasteiger charge is -2.09. The minimum Gasteiger partial charge on any atom is -0.495 e. The zero-order valence-electron chi connectivity index (χ0n) is 10.9. The number of esters is 1. The number of carbonyl (C=O) groups is 1. The van der Waals surface area contributed by atoms with Crippen molar-refractivity contribution >= 4 is 28.1 Å². The van der Waals surface area contributed by atoms with Crippen molar-refractivity contribution < 1.29 is 14.3 Å². The van der Waals surface area contributed by atoms with Crippen LogP contribution in [-0.2, 0) is 4.74 Å². The van der Waals surface area contributed by atoms with Crippen LogP contribution in [0.1, 0.15) is 15.2 Å². The summed E-state index contributed by atoms with van der Waals surface area (Å²) in [7, 11) is 2.95. The molecule has 0 radical (unpaired) electrons. The molecular weight excluding hydrogens is 264 g/mol. The monoisotopic (exact) mass is 278 g/mol. The molecule has 100 valence electrons. The number of carbonyl (C=O) groups excluding carboxylic acids is 1. The molecule has 0 aliphatic rings. The van der Waals surface area contributed by atoms with E-state index in [0.717, 1.165) is 17.0 Å². The Labute approximate surface area is 115 Å². The molecule has 2 aromatic rings. The Morgan fingerprint density at radius 3 is 2.84 bits per heavy atom. The second kappa shape index (κ2) is 5.71. The van der Waals surface area contributed by atoms with Crippen LogP contribution in [0, 0.1) is 6.92 Å². The summed E-state index contributed by atoms with van der Waals surface area (Å²) in [5.41, 5.74) is 1.92. The lowest BCUT2D eigenvalue weighted by molar-refractivity contribution is 0.0606. The molecule has 0 saturated carbocycles. The number of anilines is 2. The fourth-order valence-electron chi connectivity index (χ4n) is 1.56. The number of nitrogens with one attached hydrogen (secondary N) is 1. The van der Waals surface area contributed by atoms with Crippen LogP contribution >= 0.6 is 11.3 Å². The number of thiazole rings is 1. The molecule has 19 heavy (non-hydrogen) atoms. The van der Waals surface area contributed by atoms with E-state index >= 15 is 0 Å². The summed E-state index contributed by atoms with van der Waals surface area (Å²) in [5.74, 6) is 0.335. The number of nitrogens with zero attached hydrogens (tertiary/aromatic N) is 1. The Kier molecular flexibility index (Phi) is 4.01. The first-order valence-electron chi connectivity index (χ1n) is 5.60. The number of benzene rings is 1. The summed E-state index contributed by atoms with van der Waals surface area (Å²) in [6, 6.07) is 5.80. The molecule has 0 amide bonds. The Morgan fingerprint density at radius 1 is 1.37 bits per heavy atom. The van der Waals surface area contributed by atoms with Gasteiger partial charge in [0.05, 0.1) is 26.1 Å². The molecule has 5 nitrogen and oxygen atoms in total. The lowest BCUT2D eigenvalue weighted by Crippen LogP contribution is -1.96. The number of rotatable bonds is 4. The predicted molar refractivity (Wildman–Crippen MR) is 74.5 cm³/mol. The van der Waals surface area contributed by atoms with Gasteiger partial charge in [-0.1, -0.05) is 17.4 Å². The van der Waals surface area contributed by atoms with Crippen molar-refractivity contribution in [2.45, 2.75) is 6.92 Å². The zero-order chi connectivity index (χ0) is 13.8. The van der Waals surface area contributed by atoms with Crippen LogP contribution in [0.2, 0.25) is 0 Å². The van der Waals surface area contributed by atoms with E-state index in [1.807, 2.05) is 25.1 Å². The number of methoxy groups -OCH3 is 2. The second-order valence-corrected chi connectivity index (χ2v) is 4.88. The van der Waals surface area contributed by atoms with Crippen LogP contribution < -0.4 is 10.1 Å². The van der Waals surface area contributed by atoms with Crippen molar-refractivity contribution in [2.24, 2.45) is 0 Å². The molecule has 6 heteroatoms. The van der Waals surface area contributed by atoms with E-state index in [2.05, 4.69) is 15.0 Å². The predicted octanol–water partition coefficient (Wildman–Crippen LogP) is 2.99. The highest BCUT2D eigenvalue weighted by Gasteiger charge is 2.12. The first-order chi connectivity index (χ1) is 9.13. The van der Waals surface area contributed by atoms with Gasteiger partial charge in [0.1, 0.15) is 10.6 Å². The smallest absolute Gasteiger partial charge is 0.349 e. The van der Waals surface area contributed by atoms with Gasteiger partial charge in [-0.2, -0.15) is 0 Å². The molecule has 0 aliphatic heterocycles. The van der Waals surface area contributed by atoms with Crippen molar-refractivity contribution in [1.82, 2.24) is 4.98 Å². The highest BCUT2D eigenvalue weighted by Crippen LogP contribution is 2.30. The van der Waals surface area contributed by atoms with Gasteiger partial charge in [-0.25, -0.2) is 9.78 Å². The van der Waals surface area contributed by atoms with Crippen LogP contribution in [0.4, 0.5) is 10.8 Å². The SMILES string of the molecule is COC(=O)c1cnc(Nc2cc(C)ccc2OC)s1. The maximum atomic E-state index is 11.4. The van der Waals surface area contributed by atoms with E-state index in [-0.39, 0.29) is 5.97 Å². The van der Waals surface area contributed by atoms with E-state index in [0.29, 0.717) is 10.0 Å². The van der Waals surface area contributed by atoms with Gasteiger partial charge in [-0.15, -0.1) is 0 Å². The molecule has 1 heterocycles. The molecular formula is C13H14N2O3S. The topological polar surface area (TPSA) is 60.5 Å². The maximum absolute atomic E-state index is 11.4. The third-order valence-electron chi connectivity index (χ3n) is 2.49. The minimum absolute atomic E-state index is 0.387. The minimum atomic E-state index is -0.387. The Morgan fingerprint density at radius 2 is 2.16 bits per heavy atom. The van der Waals surface area contributed by atoms with Gasteiger partial charge in [-0.3, -0.25) is 0 Å². The van der Waals surface area contributed by atoms with Crippen molar-refractivity contribution in [3.63, 3.8) is 0 Å². The Balaban J connectivity index is 2.23. The fraction of sp³-hybridized carbons (Fsp3) is 0.231. The third kappa shape index (κ3) is 3.03. The standard InChI is InChI=1S/C13H14N2O3S/c1-8-4-5-10(17-2)9(6-8)15-13-14-7-11(19-13)12(16)18-3/h4-7H,1-3H3,(H,14,15). The van der Waals surface area contributed by atoms with Crippen molar-refractivity contribution in [2.75, 3.05) is 19.5 Å². The van der Waals surface area contributed by atoms with Gasteiger partial charge in [-0.05, 0) is 24.6 Å². The van der Waals surface area contributed by atoms with Crippen LogP contribution in [0.5, 0.6) is 5.75 Å². The summed E-state index contributed by atoms with van der Waals surface area (Å²) >= 11 is 1.23. The van der Waals surface area contributed by atoms with Crippen molar-refractivity contribution in [3.05, 3.63) is 34.8 Å². The fourth-order valence-corrected chi connectivity index (χ4v) is 2.31. The number of aryl methyl sites for hydroxylation is 1. The van der Waals surface area contributed by atoms with Crippen molar-refractivity contribution in [3.8, 4) is 5.75 Å². The van der Waals surface area contributed by atoms with Gasteiger partial charge in [0.15, 0.2) is 5.13 Å². The molecule has 0 atom stereocenters. The summed E-state index contributed by atoms with van der Waals surface area (Å²) < 4.78 is 9.91. The molecule has 0 aliphatic carbocycles. The van der Waals surface area contributed by atoms with Gasteiger partial charge in [0.2, 0.25) is 0 Å². The van der Waals surface area contributed by atoms with Crippen LogP contribution in [-0.4, -0.2) is 25.2 Å². The molecule has 2 rings (SSSR count). The molecule has 1 aromatic heterocycles. The number of ether oxygens (including phenoxy) is 2. The first kappa shape index (κ1) is 13.4. The van der Waals surface area contributed by atoms with Crippen LogP contribution in [0.25, 0.3) is 0 Å². The van der Waals surface area contributed by atoms with E-state index in [1.54, 1.807) is 7.11 Å². The molecule has 0 unspecified atom stereocenters. The largest absolute Gasteiger partial charge is 0.495 e. The lowest BCUT2D eigenvalue weighted by atomic mass is 10.2. The Hall–Kier alpha value is -2.08. The summed E-state index contributed by atoms with van der Waals surface area (Å²) in [6.45, 7) is 1.99. The summed E-state index contributed by atoms with van der Waals surface area (Å²) in [6.07, 6.45) is 1.49.